The Labute approximate surface area is 419 Å². The minimum atomic E-state index is -1.17. The number of rotatable bonds is 8. The van der Waals surface area contributed by atoms with E-state index < -0.39 is 105 Å². The molecule has 0 aromatic rings. The second-order valence-electron chi connectivity index (χ2n) is 22.3. The van der Waals surface area contributed by atoms with Crippen LogP contribution < -0.4 is 0 Å². The van der Waals surface area contributed by atoms with Gasteiger partial charge in [-0.3, -0.25) is 19.2 Å². The Hall–Kier alpha value is -5.30. The molecule has 18 nitrogen and oxygen atoms in total. The van der Waals surface area contributed by atoms with Crippen molar-refractivity contribution in [3.05, 3.63) is 68.5 Å². The molecule has 392 valence electrons. The molecule has 12 atom stereocenters. The largest absolute Gasteiger partial charge is 0.504 e. The lowest BCUT2D eigenvalue weighted by Crippen LogP contribution is -2.57. The van der Waals surface area contributed by atoms with Crippen LogP contribution in [0.5, 0.6) is 0 Å². The second kappa shape index (κ2) is 18.9. The zero-order chi connectivity index (χ0) is 52.0. The summed E-state index contributed by atoms with van der Waals surface area (Å²) in [7, 11) is 2.99. The average molecular weight is 1000 g/mol. The van der Waals surface area contributed by atoms with Crippen molar-refractivity contribution in [1.29, 1.82) is 0 Å². The van der Waals surface area contributed by atoms with E-state index in [1.54, 1.807) is 12.4 Å². The molecule has 10 aliphatic rings. The number of allylic oxidation sites excluding steroid dienone is 2. The van der Waals surface area contributed by atoms with Gasteiger partial charge in [-0.2, -0.15) is 0 Å². The summed E-state index contributed by atoms with van der Waals surface area (Å²) in [6.07, 6.45) is 5.41. The number of hydrogen-bond donors (Lipinski definition) is 4. The van der Waals surface area contributed by atoms with Gasteiger partial charge in [-0.1, -0.05) is 13.8 Å². The Morgan fingerprint density at radius 1 is 0.611 bits per heavy atom. The molecule has 0 aromatic carbocycles. The molecule has 2 saturated carbocycles. The molecule has 0 spiro atoms. The van der Waals surface area contributed by atoms with Gasteiger partial charge in [0, 0.05) is 99.8 Å². The number of hydrogen-bond acceptors (Lipinski definition) is 18. The molecule has 0 aromatic heterocycles. The van der Waals surface area contributed by atoms with E-state index in [1.807, 2.05) is 37.5 Å². The van der Waals surface area contributed by atoms with Crippen LogP contribution in [0.4, 0.5) is 0 Å². The standard InChI is InChI=1S/2C27H35NO8/c2*1-14(29)35-17-11-26(2)16(7-8-18(26)30)20-22(17)27(3)19(13-34-4)36-25(33)15(12-28-9-5-6-10-28)21(27)24(32)23(20)31/h2*12,16-19,30,32H,5-11,13H2,1-4H3/b15-12+;15-12-/t2*16-,17+,18?,19+,26-,27-/m00/s1. The topological polar surface area (TPSA) is 245 Å². The van der Waals surface area contributed by atoms with Gasteiger partial charge < -0.3 is 58.6 Å². The quantitative estimate of drug-likeness (QED) is 0.146. The monoisotopic (exact) mass is 1000 g/mol. The highest BCUT2D eigenvalue weighted by Crippen LogP contribution is 2.65. The molecule has 4 aliphatic heterocycles. The zero-order valence-electron chi connectivity index (χ0n) is 42.7. The SMILES string of the molecule is COC[C@H]1OC(=O)/C(=C/N2CCCC2)C2=C(O)C(=O)C3=C([C@H](OC(C)=O)C[C@]4(C)C(O)CC[C@@H]34)[C@]21C.COC[C@H]1OC(=O)/C(=C\N2CCCC2)C2=C(O)C(=O)C3=C([C@H](OC(C)=O)C[C@]4(C)C(O)CC[C@@H]34)[C@]21C. The van der Waals surface area contributed by atoms with Crippen LogP contribution in [0.25, 0.3) is 0 Å². The van der Waals surface area contributed by atoms with Gasteiger partial charge in [0.25, 0.3) is 0 Å². The number of fused-ring (bicyclic) bond motifs is 8. The van der Waals surface area contributed by atoms with Crippen molar-refractivity contribution in [2.75, 3.05) is 53.6 Å². The highest BCUT2D eigenvalue weighted by Gasteiger charge is 2.66. The number of methoxy groups -OCH3 is 2. The first-order valence-corrected chi connectivity index (χ1v) is 25.6. The Morgan fingerprint density at radius 3 is 1.28 bits per heavy atom. The fraction of sp³-hybridized carbons (Fsp3) is 0.667. The van der Waals surface area contributed by atoms with E-state index in [9.17, 15) is 49.2 Å². The summed E-state index contributed by atoms with van der Waals surface area (Å²) in [6, 6.07) is 0. The normalized spacial score (nSPS) is 39.2. The molecular weight excluding hydrogens is 933 g/mol. The molecule has 4 N–H and O–H groups in total. The van der Waals surface area contributed by atoms with Gasteiger partial charge in [-0.15, -0.1) is 0 Å². The van der Waals surface area contributed by atoms with Crippen molar-refractivity contribution >= 4 is 35.4 Å². The zero-order valence-corrected chi connectivity index (χ0v) is 42.7. The summed E-state index contributed by atoms with van der Waals surface area (Å²) < 4.78 is 34.4. The number of esters is 4. The Bertz CT molecular complexity index is 2370. The molecule has 0 radical (unpaired) electrons. The molecule has 2 unspecified atom stereocenters. The number of cyclic esters (lactones) is 2. The van der Waals surface area contributed by atoms with Crippen molar-refractivity contribution in [2.24, 2.45) is 33.5 Å². The highest BCUT2D eigenvalue weighted by molar-refractivity contribution is 6.14. The van der Waals surface area contributed by atoms with Crippen LogP contribution >= 0.6 is 0 Å². The van der Waals surface area contributed by atoms with Gasteiger partial charge in [-0.05, 0) is 101 Å². The number of Topliss-reactive ketones (excluding diaryl/α,β-unsaturated/α-hetero) is 2. The number of ether oxygens (including phenoxy) is 6. The summed E-state index contributed by atoms with van der Waals surface area (Å²) in [5, 5.41) is 44.7. The minimum absolute atomic E-state index is 0.0261. The molecular formula is C54H70N2O16. The lowest BCUT2D eigenvalue weighted by Gasteiger charge is -2.54. The van der Waals surface area contributed by atoms with E-state index in [2.05, 4.69) is 0 Å². The molecule has 6 aliphatic carbocycles. The van der Waals surface area contributed by atoms with E-state index in [-0.39, 0.29) is 47.3 Å². The molecule has 10 rings (SSSR count). The van der Waals surface area contributed by atoms with Crippen molar-refractivity contribution < 1.29 is 77.6 Å². The number of carbonyl (C=O) groups excluding carboxylic acids is 6. The summed E-state index contributed by atoms with van der Waals surface area (Å²) in [5.41, 5.74) is -1.19. The number of likely N-dealkylation sites (tertiary alicyclic amines) is 2. The predicted octanol–water partition coefficient (Wildman–Crippen LogP) is 4.70. The third-order valence-corrected chi connectivity index (χ3v) is 18.2. The van der Waals surface area contributed by atoms with E-state index in [4.69, 9.17) is 28.4 Å². The van der Waals surface area contributed by atoms with Gasteiger partial charge in [0.05, 0.1) is 47.4 Å². The van der Waals surface area contributed by atoms with Gasteiger partial charge in [0.2, 0.25) is 11.6 Å². The third-order valence-electron chi connectivity index (χ3n) is 18.2. The first-order valence-electron chi connectivity index (χ1n) is 25.6. The summed E-state index contributed by atoms with van der Waals surface area (Å²) in [6.45, 7) is 13.2. The van der Waals surface area contributed by atoms with Gasteiger partial charge in [0.1, 0.15) is 24.4 Å². The van der Waals surface area contributed by atoms with Crippen LogP contribution in [0.2, 0.25) is 0 Å². The molecule has 0 amide bonds. The Balaban J connectivity index is 0.000000178. The van der Waals surface area contributed by atoms with Gasteiger partial charge in [-0.25, -0.2) is 9.59 Å². The summed E-state index contributed by atoms with van der Waals surface area (Å²) in [4.78, 5) is 82.8. The number of aliphatic hydroxyl groups excluding tert-OH is 4. The van der Waals surface area contributed by atoms with Crippen molar-refractivity contribution in [3.8, 4) is 0 Å². The molecule has 4 saturated heterocycles. The molecule has 6 fully saturated rings. The summed E-state index contributed by atoms with van der Waals surface area (Å²) >= 11 is 0. The predicted molar refractivity (Wildman–Crippen MR) is 255 cm³/mol. The molecule has 18 heteroatoms. The first-order chi connectivity index (χ1) is 34.1. The van der Waals surface area contributed by atoms with Crippen LogP contribution in [0, 0.1) is 33.5 Å². The van der Waals surface area contributed by atoms with E-state index in [0.717, 1.165) is 51.9 Å². The maximum absolute atomic E-state index is 13.9. The van der Waals surface area contributed by atoms with E-state index in [0.29, 0.717) is 60.8 Å². The summed E-state index contributed by atoms with van der Waals surface area (Å²) in [5.74, 6) is -5.03. The van der Waals surface area contributed by atoms with Crippen molar-refractivity contribution in [1.82, 2.24) is 9.80 Å². The Morgan fingerprint density at radius 2 is 0.958 bits per heavy atom. The lowest BCUT2D eigenvalue weighted by molar-refractivity contribution is -0.161. The van der Waals surface area contributed by atoms with Gasteiger partial charge >= 0.3 is 23.9 Å². The number of aliphatic hydroxyl groups is 4. The van der Waals surface area contributed by atoms with Crippen molar-refractivity contribution in [2.45, 2.75) is 142 Å². The number of ketones is 2. The van der Waals surface area contributed by atoms with Crippen LogP contribution in [-0.4, -0.2) is 156 Å². The maximum Gasteiger partial charge on any atom is 0.340 e. The highest BCUT2D eigenvalue weighted by atomic mass is 16.6. The smallest absolute Gasteiger partial charge is 0.340 e. The van der Waals surface area contributed by atoms with Crippen LogP contribution in [-0.2, 0) is 57.2 Å². The fourth-order valence-corrected chi connectivity index (χ4v) is 14.7. The molecule has 0 bridgehead atoms. The maximum atomic E-state index is 13.9. The fourth-order valence-electron chi connectivity index (χ4n) is 14.7. The van der Waals surface area contributed by atoms with Crippen LogP contribution in [0.1, 0.15) is 106 Å². The number of carbonyl (C=O) groups is 6. The third kappa shape index (κ3) is 7.87. The second-order valence-corrected chi connectivity index (χ2v) is 22.3. The van der Waals surface area contributed by atoms with Crippen LogP contribution in [0.3, 0.4) is 0 Å². The Kier molecular flexibility index (Phi) is 13.5. The van der Waals surface area contributed by atoms with E-state index >= 15 is 0 Å². The molecule has 4 heterocycles. The number of nitrogens with zero attached hydrogens (tertiary/aromatic N) is 2. The average Bonchev–Trinajstić information content (AvgIpc) is 4.14. The molecule has 72 heavy (non-hydrogen) atoms. The van der Waals surface area contributed by atoms with Crippen molar-refractivity contribution in [3.63, 3.8) is 0 Å². The van der Waals surface area contributed by atoms with E-state index in [1.165, 1.54) is 28.1 Å². The minimum Gasteiger partial charge on any atom is -0.504 e. The van der Waals surface area contributed by atoms with Crippen LogP contribution in [0.15, 0.2) is 68.5 Å². The van der Waals surface area contributed by atoms with Gasteiger partial charge in [0.15, 0.2) is 11.5 Å². The lowest BCUT2D eigenvalue weighted by atomic mass is 9.53. The first kappa shape index (κ1) is 51.6.